The van der Waals surface area contributed by atoms with E-state index < -0.39 is 21.9 Å². The van der Waals surface area contributed by atoms with Crippen LogP contribution in [0.1, 0.15) is 26.2 Å². The van der Waals surface area contributed by atoms with E-state index in [0.717, 1.165) is 19.3 Å². The Morgan fingerprint density at radius 1 is 1.35 bits per heavy atom. The van der Waals surface area contributed by atoms with Gasteiger partial charge < -0.3 is 5.11 Å². The summed E-state index contributed by atoms with van der Waals surface area (Å²) in [4.78, 5) is 11.0. The number of carboxylic acids is 1. The van der Waals surface area contributed by atoms with Crippen molar-refractivity contribution in [3.63, 3.8) is 0 Å². The molecule has 1 N–H and O–H groups in total. The van der Waals surface area contributed by atoms with Crippen molar-refractivity contribution in [2.24, 2.45) is 17.8 Å². The zero-order chi connectivity index (χ0) is 12.6. The molecule has 0 unspecified atom stereocenters. The van der Waals surface area contributed by atoms with Crippen molar-refractivity contribution in [1.29, 1.82) is 0 Å². The van der Waals surface area contributed by atoms with Crippen molar-refractivity contribution in [2.75, 3.05) is 18.8 Å². The molecule has 0 spiro atoms. The van der Waals surface area contributed by atoms with Gasteiger partial charge in [0.25, 0.3) is 0 Å². The maximum atomic E-state index is 12.1. The van der Waals surface area contributed by atoms with Gasteiger partial charge in [-0.25, -0.2) is 12.7 Å². The Labute approximate surface area is 102 Å². The van der Waals surface area contributed by atoms with E-state index in [4.69, 9.17) is 5.11 Å². The van der Waals surface area contributed by atoms with Gasteiger partial charge in [0.2, 0.25) is 10.0 Å². The number of nitrogens with zero attached hydrogens (tertiary/aromatic N) is 1. The summed E-state index contributed by atoms with van der Waals surface area (Å²) in [6.07, 6.45) is 3.10. The number of hydrogen-bond donors (Lipinski definition) is 1. The summed E-state index contributed by atoms with van der Waals surface area (Å²) in [5, 5.41) is 8.98. The smallest absolute Gasteiger partial charge is 0.308 e. The van der Waals surface area contributed by atoms with Crippen molar-refractivity contribution in [3.8, 4) is 0 Å². The van der Waals surface area contributed by atoms with E-state index in [1.165, 1.54) is 4.31 Å². The molecule has 2 fully saturated rings. The third kappa shape index (κ3) is 2.63. The fraction of sp³-hybridized carbons (Fsp3) is 0.909. The Morgan fingerprint density at radius 2 is 2.00 bits per heavy atom. The first-order chi connectivity index (χ1) is 7.90. The molecule has 1 heterocycles. The molecule has 0 aromatic rings. The van der Waals surface area contributed by atoms with Crippen LogP contribution in [0.15, 0.2) is 0 Å². The summed E-state index contributed by atoms with van der Waals surface area (Å²) < 4.78 is 25.5. The Balaban J connectivity index is 2.00. The molecule has 0 amide bonds. The van der Waals surface area contributed by atoms with Gasteiger partial charge in [0.05, 0.1) is 11.7 Å². The third-order valence-corrected chi connectivity index (χ3v) is 5.94. The Kier molecular flexibility index (Phi) is 3.45. The summed E-state index contributed by atoms with van der Waals surface area (Å²) in [5.41, 5.74) is 0. The predicted octanol–water partition coefficient (Wildman–Crippen LogP) is 0.769. The van der Waals surface area contributed by atoms with E-state index in [0.29, 0.717) is 12.5 Å². The topological polar surface area (TPSA) is 74.7 Å². The quantitative estimate of drug-likeness (QED) is 0.811. The molecule has 0 radical (unpaired) electrons. The van der Waals surface area contributed by atoms with Crippen LogP contribution in [0.4, 0.5) is 0 Å². The largest absolute Gasteiger partial charge is 0.481 e. The molecule has 1 aliphatic heterocycles. The van der Waals surface area contributed by atoms with Crippen molar-refractivity contribution in [1.82, 2.24) is 4.31 Å². The fourth-order valence-corrected chi connectivity index (χ4v) is 4.52. The summed E-state index contributed by atoms with van der Waals surface area (Å²) in [6.45, 7) is 2.30. The first kappa shape index (κ1) is 12.8. The number of hydrogen-bond acceptors (Lipinski definition) is 3. The normalized spacial score (nSPS) is 31.4. The maximum absolute atomic E-state index is 12.1. The highest BCUT2D eigenvalue weighted by atomic mass is 32.2. The highest BCUT2D eigenvalue weighted by Gasteiger charge is 2.41. The summed E-state index contributed by atoms with van der Waals surface area (Å²) in [6, 6.07) is 0. The molecule has 1 saturated heterocycles. The Hall–Kier alpha value is -0.620. The molecule has 0 aromatic heterocycles. The van der Waals surface area contributed by atoms with Gasteiger partial charge in [-0.1, -0.05) is 13.3 Å². The molecule has 2 atom stereocenters. The van der Waals surface area contributed by atoms with Gasteiger partial charge in [-0.15, -0.1) is 0 Å². The average Bonchev–Trinajstić information content (AvgIpc) is 2.55. The number of carboxylic acid groups (broad SMARTS) is 1. The second-order valence-corrected chi connectivity index (χ2v) is 7.33. The summed E-state index contributed by atoms with van der Waals surface area (Å²) in [7, 11) is -3.25. The lowest BCUT2D eigenvalue weighted by Gasteiger charge is -2.27. The average molecular weight is 261 g/mol. The van der Waals surface area contributed by atoms with Gasteiger partial charge in [0.15, 0.2) is 0 Å². The minimum Gasteiger partial charge on any atom is -0.481 e. The highest BCUT2D eigenvalue weighted by Crippen LogP contribution is 2.31. The molecular weight excluding hydrogens is 242 g/mol. The van der Waals surface area contributed by atoms with Crippen molar-refractivity contribution < 1.29 is 18.3 Å². The van der Waals surface area contributed by atoms with Gasteiger partial charge in [-0.2, -0.15) is 0 Å². The third-order valence-electron chi connectivity index (χ3n) is 3.96. The zero-order valence-corrected chi connectivity index (χ0v) is 10.8. The van der Waals surface area contributed by atoms with E-state index in [1.54, 1.807) is 6.92 Å². The van der Waals surface area contributed by atoms with E-state index in [9.17, 15) is 13.2 Å². The lowest BCUT2D eigenvalue weighted by Crippen LogP contribution is -2.35. The molecule has 5 nitrogen and oxygen atoms in total. The van der Waals surface area contributed by atoms with E-state index in [1.807, 2.05) is 0 Å². The van der Waals surface area contributed by atoms with Crippen LogP contribution in [0, 0.1) is 17.8 Å². The van der Waals surface area contributed by atoms with Crippen LogP contribution in [-0.4, -0.2) is 42.6 Å². The molecule has 2 aliphatic rings. The van der Waals surface area contributed by atoms with Crippen LogP contribution in [0.2, 0.25) is 0 Å². The molecule has 1 aliphatic carbocycles. The predicted molar refractivity (Wildman–Crippen MR) is 63.0 cm³/mol. The Morgan fingerprint density at radius 3 is 2.41 bits per heavy atom. The molecule has 17 heavy (non-hydrogen) atoms. The molecule has 0 aromatic carbocycles. The highest BCUT2D eigenvalue weighted by molar-refractivity contribution is 7.89. The first-order valence-corrected chi connectivity index (χ1v) is 7.71. The zero-order valence-electron chi connectivity index (χ0n) is 10.0. The number of rotatable bonds is 4. The molecule has 1 saturated carbocycles. The second-order valence-electron chi connectivity index (χ2n) is 5.31. The van der Waals surface area contributed by atoms with Gasteiger partial charge in [-0.05, 0) is 24.7 Å². The summed E-state index contributed by atoms with van der Waals surface area (Å²) >= 11 is 0. The van der Waals surface area contributed by atoms with E-state index >= 15 is 0 Å². The number of carbonyl (C=O) groups is 1. The molecular formula is C11H19NO4S. The second kappa shape index (κ2) is 4.57. The minimum absolute atomic E-state index is 0.0938. The van der Waals surface area contributed by atoms with E-state index in [-0.39, 0.29) is 18.2 Å². The van der Waals surface area contributed by atoms with Crippen LogP contribution in [-0.2, 0) is 14.8 Å². The molecule has 6 heteroatoms. The van der Waals surface area contributed by atoms with Gasteiger partial charge in [-0.3, -0.25) is 4.79 Å². The number of aliphatic carboxylic acids is 1. The van der Waals surface area contributed by atoms with Gasteiger partial charge >= 0.3 is 5.97 Å². The van der Waals surface area contributed by atoms with Crippen LogP contribution in [0.3, 0.4) is 0 Å². The first-order valence-electron chi connectivity index (χ1n) is 6.11. The van der Waals surface area contributed by atoms with Gasteiger partial charge in [0.1, 0.15) is 0 Å². The van der Waals surface area contributed by atoms with Crippen LogP contribution >= 0.6 is 0 Å². The molecule has 98 valence electrons. The van der Waals surface area contributed by atoms with Crippen LogP contribution in [0.5, 0.6) is 0 Å². The standard InChI is InChI=1S/C11H19NO4S/c1-8-5-12(6-10(8)11(13)14)17(15,16)7-9-3-2-4-9/h8-10H,2-7H2,1H3,(H,13,14)/t8-,10-/m1/s1. The number of sulfonamides is 1. The minimum atomic E-state index is -3.25. The molecule has 2 rings (SSSR count). The van der Waals surface area contributed by atoms with Crippen molar-refractivity contribution in [2.45, 2.75) is 26.2 Å². The van der Waals surface area contributed by atoms with E-state index in [2.05, 4.69) is 0 Å². The fourth-order valence-electron chi connectivity index (χ4n) is 2.53. The van der Waals surface area contributed by atoms with Crippen LogP contribution in [0.25, 0.3) is 0 Å². The SMILES string of the molecule is C[C@@H]1CN(S(=O)(=O)CC2CCC2)C[C@H]1C(=O)O. The Bertz CT molecular complexity index is 402. The lowest BCUT2D eigenvalue weighted by atomic mass is 9.87. The van der Waals surface area contributed by atoms with Crippen molar-refractivity contribution >= 4 is 16.0 Å². The molecule has 0 bridgehead atoms. The van der Waals surface area contributed by atoms with Gasteiger partial charge in [0, 0.05) is 13.1 Å². The maximum Gasteiger partial charge on any atom is 0.308 e. The van der Waals surface area contributed by atoms with Crippen molar-refractivity contribution in [3.05, 3.63) is 0 Å². The van der Waals surface area contributed by atoms with Crippen LogP contribution < -0.4 is 0 Å². The lowest BCUT2D eigenvalue weighted by molar-refractivity contribution is -0.142. The monoisotopic (exact) mass is 261 g/mol. The summed E-state index contributed by atoms with van der Waals surface area (Å²) in [5.74, 6) is -1.04.